The van der Waals surface area contributed by atoms with Crippen LogP contribution in [0, 0.1) is 13.8 Å². The molecule has 0 aliphatic carbocycles. The highest BCUT2D eigenvalue weighted by atomic mass is 32.2. The number of nitrogens with zero attached hydrogens (tertiary/aromatic N) is 2. The summed E-state index contributed by atoms with van der Waals surface area (Å²) in [5, 5.41) is 25.6. The molecule has 2 aliphatic rings. The molecular weight excluding hydrogens is 813 g/mol. The van der Waals surface area contributed by atoms with Crippen molar-refractivity contribution in [3.8, 4) is 11.5 Å². The lowest BCUT2D eigenvalue weighted by Gasteiger charge is -2.21. The van der Waals surface area contributed by atoms with Gasteiger partial charge in [0.25, 0.3) is 40.3 Å². The standard InChI is InChI=1S/C35H26N4O13S4/c1-17-3-9-27-31(33(17)53(43,44)38(27)29-15-23(55(47,48)49)13-19-11-21(40)5-7-25(19)29)36-35(42)37-32-28-10-4-18(2)34(32)54(45,46)39(28)30-16-24(56(50,51)52)14-20-12-22(41)6-8-26(20)30/h3-16,40-41H,1-2H3,(H2,36,37,42)(H,47,48,49)(H,50,51,52). The second kappa shape index (κ2) is 12.0. The first-order chi connectivity index (χ1) is 26.1. The van der Waals surface area contributed by atoms with E-state index in [0.29, 0.717) is 0 Å². The van der Waals surface area contributed by atoms with Crippen molar-refractivity contribution >= 4 is 102 Å². The number of aryl methyl sites for hydroxylation is 2. The molecule has 0 saturated heterocycles. The maximum Gasteiger partial charge on any atom is 0.323 e. The molecule has 17 nitrogen and oxygen atoms in total. The molecule has 0 spiro atoms. The summed E-state index contributed by atoms with van der Waals surface area (Å²) >= 11 is 0. The molecule has 288 valence electrons. The minimum atomic E-state index is -4.90. The quantitative estimate of drug-likeness (QED) is 0.108. The van der Waals surface area contributed by atoms with E-state index in [2.05, 4.69) is 10.6 Å². The second-order valence-corrected chi connectivity index (χ2v) is 19.3. The van der Waals surface area contributed by atoms with Crippen molar-refractivity contribution in [1.29, 1.82) is 0 Å². The Morgan fingerprint density at radius 1 is 0.554 bits per heavy atom. The number of fused-ring (bicyclic) bond motifs is 6. The first kappa shape index (κ1) is 37.0. The molecule has 0 atom stereocenters. The van der Waals surface area contributed by atoms with Crippen molar-refractivity contribution in [2.75, 3.05) is 19.2 Å². The van der Waals surface area contributed by atoms with E-state index in [1.54, 1.807) is 0 Å². The molecule has 2 heterocycles. The van der Waals surface area contributed by atoms with E-state index in [-0.39, 0.29) is 88.1 Å². The first-order valence-electron chi connectivity index (χ1n) is 16.0. The Labute approximate surface area is 318 Å². The van der Waals surface area contributed by atoms with Gasteiger partial charge >= 0.3 is 6.03 Å². The van der Waals surface area contributed by atoms with Crippen molar-refractivity contribution < 1.29 is 57.8 Å². The van der Waals surface area contributed by atoms with Crippen LogP contribution in [0.4, 0.5) is 38.9 Å². The molecule has 0 radical (unpaired) electrons. The van der Waals surface area contributed by atoms with Crippen LogP contribution in [0.5, 0.6) is 11.5 Å². The molecule has 0 saturated carbocycles. The number of amides is 2. The van der Waals surface area contributed by atoms with Gasteiger partial charge in [-0.05, 0) is 109 Å². The summed E-state index contributed by atoms with van der Waals surface area (Å²) in [5.41, 5.74) is -0.941. The maximum absolute atomic E-state index is 14.3. The normalized spacial score (nSPS) is 15.4. The number of hydrogen-bond acceptors (Lipinski definition) is 11. The largest absolute Gasteiger partial charge is 0.508 e. The lowest BCUT2D eigenvalue weighted by Crippen LogP contribution is -2.22. The van der Waals surface area contributed by atoms with Crippen LogP contribution in [0.3, 0.4) is 0 Å². The van der Waals surface area contributed by atoms with Crippen LogP contribution in [-0.2, 0) is 40.3 Å². The fraction of sp³-hybridized carbons (Fsp3) is 0.0571. The number of hydrogen-bond donors (Lipinski definition) is 6. The molecule has 0 unspecified atom stereocenters. The summed E-state index contributed by atoms with van der Waals surface area (Å²) in [7, 11) is -19.0. The predicted molar refractivity (Wildman–Crippen MR) is 205 cm³/mol. The molecule has 0 fully saturated rings. The molecule has 4 bridgehead atoms. The van der Waals surface area contributed by atoms with E-state index in [4.69, 9.17) is 0 Å². The summed E-state index contributed by atoms with van der Waals surface area (Å²) in [5.74, 6) is -0.552. The van der Waals surface area contributed by atoms with Gasteiger partial charge in [-0.2, -0.15) is 16.8 Å². The maximum atomic E-state index is 14.3. The fourth-order valence-corrected chi connectivity index (χ4v) is 11.9. The van der Waals surface area contributed by atoms with Gasteiger partial charge in [-0.15, -0.1) is 0 Å². The summed E-state index contributed by atoms with van der Waals surface area (Å²) in [6.07, 6.45) is 0. The van der Waals surface area contributed by atoms with E-state index in [1.807, 2.05) is 0 Å². The second-order valence-electron chi connectivity index (χ2n) is 13.0. The Morgan fingerprint density at radius 2 is 0.929 bits per heavy atom. The molecule has 56 heavy (non-hydrogen) atoms. The molecule has 0 aromatic heterocycles. The van der Waals surface area contributed by atoms with Crippen molar-refractivity contribution in [1.82, 2.24) is 0 Å². The fourth-order valence-electron chi connectivity index (χ4n) is 7.07. The number of aromatic hydroxyl groups is 2. The highest BCUT2D eigenvalue weighted by Gasteiger charge is 2.44. The lowest BCUT2D eigenvalue weighted by atomic mass is 10.1. The van der Waals surface area contributed by atoms with Gasteiger partial charge in [-0.25, -0.2) is 30.2 Å². The monoisotopic (exact) mass is 838 g/mol. The number of sulfonamides is 2. The van der Waals surface area contributed by atoms with Crippen molar-refractivity contribution in [2.24, 2.45) is 0 Å². The van der Waals surface area contributed by atoms with Crippen LogP contribution in [0.1, 0.15) is 11.1 Å². The zero-order valence-corrected chi connectivity index (χ0v) is 31.8. The van der Waals surface area contributed by atoms with Gasteiger partial charge in [-0.1, -0.05) is 12.1 Å². The van der Waals surface area contributed by atoms with Gasteiger partial charge in [0.1, 0.15) is 21.3 Å². The van der Waals surface area contributed by atoms with Crippen LogP contribution in [0.2, 0.25) is 0 Å². The smallest absolute Gasteiger partial charge is 0.323 e. The number of urea groups is 1. The van der Waals surface area contributed by atoms with Gasteiger partial charge < -0.3 is 20.8 Å². The third-order valence-electron chi connectivity index (χ3n) is 9.39. The predicted octanol–water partition coefficient (Wildman–Crippen LogP) is 5.84. The van der Waals surface area contributed by atoms with Gasteiger partial charge in [0, 0.05) is 10.8 Å². The summed E-state index contributed by atoms with van der Waals surface area (Å²) in [4.78, 5) is 11.8. The Hall–Kier alpha value is -5.97. The molecule has 21 heteroatoms. The number of nitrogens with one attached hydrogen (secondary N) is 2. The van der Waals surface area contributed by atoms with E-state index < -0.39 is 56.1 Å². The highest BCUT2D eigenvalue weighted by Crippen LogP contribution is 2.53. The number of phenols is 2. The molecule has 8 rings (SSSR count). The van der Waals surface area contributed by atoms with Crippen LogP contribution in [0.15, 0.2) is 105 Å². The average molecular weight is 839 g/mol. The first-order valence-corrected chi connectivity index (χ1v) is 21.8. The summed E-state index contributed by atoms with van der Waals surface area (Å²) in [6.45, 7) is 2.91. The van der Waals surface area contributed by atoms with E-state index >= 15 is 0 Å². The van der Waals surface area contributed by atoms with E-state index in [1.165, 1.54) is 74.5 Å². The molecule has 6 N–H and O–H groups in total. The van der Waals surface area contributed by atoms with Gasteiger partial charge in [-0.3, -0.25) is 9.11 Å². The highest BCUT2D eigenvalue weighted by molar-refractivity contribution is 7.94. The third-order valence-corrected chi connectivity index (χ3v) is 14.9. The lowest BCUT2D eigenvalue weighted by molar-refractivity contribution is 0.262. The van der Waals surface area contributed by atoms with Crippen LogP contribution < -0.4 is 19.2 Å². The minimum absolute atomic E-state index is 0.0599. The number of benzene rings is 6. The topological polar surface area (TPSA) is 265 Å². The minimum Gasteiger partial charge on any atom is -0.508 e. The molecule has 6 aromatic carbocycles. The Bertz CT molecular complexity index is 3050. The molecule has 2 amide bonds. The number of rotatable bonds is 6. The Balaban J connectivity index is 1.24. The summed E-state index contributed by atoms with van der Waals surface area (Å²) in [6, 6.07) is 16.0. The van der Waals surface area contributed by atoms with Gasteiger partial charge in [0.05, 0.1) is 43.9 Å². The zero-order valence-electron chi connectivity index (χ0n) is 28.6. The Kier molecular flexibility index (Phi) is 7.93. The third kappa shape index (κ3) is 5.58. The van der Waals surface area contributed by atoms with Crippen molar-refractivity contribution in [3.05, 3.63) is 96.1 Å². The van der Waals surface area contributed by atoms with Crippen molar-refractivity contribution in [3.63, 3.8) is 0 Å². The van der Waals surface area contributed by atoms with Crippen molar-refractivity contribution in [2.45, 2.75) is 33.4 Å². The number of anilines is 6. The van der Waals surface area contributed by atoms with Gasteiger partial charge in [0.2, 0.25) is 0 Å². The number of phenolic OH excluding ortho intramolecular Hbond substituents is 2. The van der Waals surface area contributed by atoms with Crippen LogP contribution >= 0.6 is 0 Å². The molecular formula is C35H26N4O13S4. The molecule has 2 aliphatic heterocycles. The van der Waals surface area contributed by atoms with E-state index in [9.17, 15) is 57.8 Å². The SMILES string of the molecule is Cc1ccc2c(NC(=O)Nc3c4ccc(C)c3S(=O)(=O)N4c3cc(S(=O)(=O)O)cc4cc(O)ccc34)c1S(=O)(=O)N2c1cc(S(=O)(=O)O)cc2cc(O)ccc12. The summed E-state index contributed by atoms with van der Waals surface area (Å²) < 4.78 is 128. The number of carbonyl (C=O) groups excluding carboxylic acids is 1. The van der Waals surface area contributed by atoms with Gasteiger partial charge in [0.15, 0.2) is 0 Å². The average Bonchev–Trinajstić information content (AvgIpc) is 3.34. The zero-order chi connectivity index (χ0) is 40.4. The number of carbonyl (C=O) groups is 1. The van der Waals surface area contributed by atoms with E-state index in [0.717, 1.165) is 32.9 Å². The van der Waals surface area contributed by atoms with Crippen LogP contribution in [-0.4, -0.2) is 59.0 Å². The Morgan fingerprint density at radius 3 is 1.29 bits per heavy atom. The molecule has 6 aromatic rings. The van der Waals surface area contributed by atoms with Crippen LogP contribution in [0.25, 0.3) is 21.5 Å².